The minimum absolute atomic E-state index is 0.0253. The lowest BCUT2D eigenvalue weighted by atomic mass is 10.1. The molecule has 70 valence electrons. The van der Waals surface area contributed by atoms with Crippen molar-refractivity contribution in [2.24, 2.45) is 0 Å². The Kier molecular flexibility index (Phi) is 3.44. The molecule has 0 spiro atoms. The first kappa shape index (κ1) is 10.5. The summed E-state index contributed by atoms with van der Waals surface area (Å²) in [4.78, 5) is 11.0. The average Bonchev–Trinajstić information content (AvgIpc) is 2.15. The monoisotopic (exact) mass is 205 g/mol. The third-order valence-corrected chi connectivity index (χ3v) is 2.07. The zero-order valence-corrected chi connectivity index (χ0v) is 8.38. The van der Waals surface area contributed by atoms with E-state index >= 15 is 0 Å². The number of allylic oxidation sites excluding steroid dienone is 1. The first-order valence-corrected chi connectivity index (χ1v) is 4.39. The van der Waals surface area contributed by atoms with E-state index in [2.05, 4.69) is 0 Å². The van der Waals surface area contributed by atoms with Gasteiger partial charge in [-0.15, -0.1) is 0 Å². The molecule has 0 bridgehead atoms. The molecule has 3 heteroatoms. The quantitative estimate of drug-likeness (QED) is 0.550. The maximum Gasteiger partial charge on any atom is 0.159 e. The highest BCUT2D eigenvalue weighted by molar-refractivity contribution is 6.32. The molecule has 1 rings (SSSR count). The minimum Gasteiger partial charge on any atom is -0.295 e. The van der Waals surface area contributed by atoms with Crippen LogP contribution in [0.25, 0.3) is 6.08 Å². The summed E-state index contributed by atoms with van der Waals surface area (Å²) in [5.74, 6) is -0.0253. The van der Waals surface area contributed by atoms with Gasteiger partial charge in [0, 0.05) is 16.7 Å². The lowest BCUT2D eigenvalue weighted by molar-refractivity contribution is 0.101. The average molecular weight is 206 g/mol. The second-order valence-corrected chi connectivity index (χ2v) is 3.16. The predicted octanol–water partition coefficient (Wildman–Crippen LogP) is 3.08. The minimum atomic E-state index is -0.0253. The van der Waals surface area contributed by atoms with Gasteiger partial charge in [-0.2, -0.15) is 5.26 Å². The number of hydrogen-bond donors (Lipinski definition) is 0. The van der Waals surface area contributed by atoms with Gasteiger partial charge in [0.15, 0.2) is 5.78 Å². The molecule has 0 aromatic heterocycles. The molecule has 14 heavy (non-hydrogen) atoms. The van der Waals surface area contributed by atoms with Crippen LogP contribution in [-0.4, -0.2) is 5.78 Å². The molecular weight excluding hydrogens is 198 g/mol. The van der Waals surface area contributed by atoms with Crippen molar-refractivity contribution in [1.82, 2.24) is 0 Å². The van der Waals surface area contributed by atoms with Crippen LogP contribution in [0.3, 0.4) is 0 Å². The predicted molar refractivity (Wildman–Crippen MR) is 56.1 cm³/mol. The summed E-state index contributed by atoms with van der Waals surface area (Å²) in [7, 11) is 0. The van der Waals surface area contributed by atoms with E-state index in [0.29, 0.717) is 10.6 Å². The van der Waals surface area contributed by atoms with Crippen LogP contribution in [0.5, 0.6) is 0 Å². The van der Waals surface area contributed by atoms with Gasteiger partial charge in [0.1, 0.15) is 0 Å². The lowest BCUT2D eigenvalue weighted by Crippen LogP contribution is -1.91. The lowest BCUT2D eigenvalue weighted by Gasteiger charge is -2.00. The summed E-state index contributed by atoms with van der Waals surface area (Å²) in [6.45, 7) is 1.48. The van der Waals surface area contributed by atoms with E-state index in [1.54, 1.807) is 24.3 Å². The van der Waals surface area contributed by atoms with Crippen molar-refractivity contribution >= 4 is 23.5 Å². The number of Topliss-reactive ketones (excluding diaryl/α,β-unsaturated/α-hetero) is 1. The summed E-state index contributed by atoms with van der Waals surface area (Å²) >= 11 is 5.90. The van der Waals surface area contributed by atoms with E-state index in [1.165, 1.54) is 13.0 Å². The summed E-state index contributed by atoms with van der Waals surface area (Å²) in [6.07, 6.45) is 2.95. The van der Waals surface area contributed by atoms with Crippen LogP contribution in [-0.2, 0) is 0 Å². The van der Waals surface area contributed by atoms with Gasteiger partial charge in [-0.05, 0) is 24.6 Å². The number of halogens is 1. The largest absolute Gasteiger partial charge is 0.295 e. The molecule has 1 aromatic carbocycles. The fourth-order valence-electron chi connectivity index (χ4n) is 1.01. The number of hydrogen-bond acceptors (Lipinski definition) is 2. The first-order valence-electron chi connectivity index (χ1n) is 4.02. The number of nitriles is 1. The topological polar surface area (TPSA) is 40.9 Å². The van der Waals surface area contributed by atoms with Gasteiger partial charge >= 0.3 is 0 Å². The van der Waals surface area contributed by atoms with Gasteiger partial charge in [-0.25, -0.2) is 0 Å². The van der Waals surface area contributed by atoms with Crippen molar-refractivity contribution in [3.63, 3.8) is 0 Å². The third-order valence-electron chi connectivity index (χ3n) is 1.74. The normalized spacial score (nSPS) is 10.1. The van der Waals surface area contributed by atoms with Crippen LogP contribution in [0.4, 0.5) is 0 Å². The molecule has 0 amide bonds. The van der Waals surface area contributed by atoms with Crippen molar-refractivity contribution in [3.8, 4) is 6.07 Å². The number of carbonyl (C=O) groups is 1. The van der Waals surface area contributed by atoms with Crippen molar-refractivity contribution in [2.75, 3.05) is 0 Å². The molecular formula is C11H8ClNO. The molecule has 0 aliphatic heterocycles. The number of benzene rings is 1. The van der Waals surface area contributed by atoms with Crippen LogP contribution in [0.15, 0.2) is 24.3 Å². The Hall–Kier alpha value is -1.59. The molecule has 0 saturated heterocycles. The van der Waals surface area contributed by atoms with Crippen LogP contribution in [0, 0.1) is 11.3 Å². The Balaban J connectivity index is 3.09. The molecule has 0 heterocycles. The molecule has 1 aromatic rings. The van der Waals surface area contributed by atoms with E-state index in [1.807, 2.05) is 6.07 Å². The molecule has 0 unspecified atom stereocenters. The zero-order chi connectivity index (χ0) is 10.6. The Labute approximate surface area is 87.4 Å². The van der Waals surface area contributed by atoms with Crippen LogP contribution in [0.1, 0.15) is 22.8 Å². The second-order valence-electron chi connectivity index (χ2n) is 2.75. The van der Waals surface area contributed by atoms with Gasteiger partial charge in [0.25, 0.3) is 0 Å². The standard InChI is InChI=1S/C11H8ClNO/c1-8(14)10-5-4-9(3-2-6-13)11(12)7-10/h2-5,7H,1H3. The number of ketones is 1. The van der Waals surface area contributed by atoms with E-state index in [-0.39, 0.29) is 5.78 Å². The summed E-state index contributed by atoms with van der Waals surface area (Å²) < 4.78 is 0. The number of rotatable bonds is 2. The Morgan fingerprint density at radius 3 is 2.79 bits per heavy atom. The maximum absolute atomic E-state index is 11.0. The fraction of sp³-hybridized carbons (Fsp3) is 0.0909. The zero-order valence-electron chi connectivity index (χ0n) is 7.62. The smallest absolute Gasteiger partial charge is 0.159 e. The van der Waals surface area contributed by atoms with Gasteiger partial charge in [0.05, 0.1) is 6.07 Å². The van der Waals surface area contributed by atoms with E-state index in [0.717, 1.165) is 5.56 Å². The molecule has 0 saturated carbocycles. The van der Waals surface area contributed by atoms with Gasteiger partial charge in [0.2, 0.25) is 0 Å². The van der Waals surface area contributed by atoms with Crippen LogP contribution >= 0.6 is 11.6 Å². The van der Waals surface area contributed by atoms with Crippen molar-refractivity contribution in [2.45, 2.75) is 6.92 Å². The van der Waals surface area contributed by atoms with Crippen LogP contribution in [0.2, 0.25) is 5.02 Å². The van der Waals surface area contributed by atoms with Crippen molar-refractivity contribution in [1.29, 1.82) is 5.26 Å². The highest BCUT2D eigenvalue weighted by Crippen LogP contribution is 2.19. The second kappa shape index (κ2) is 4.59. The van der Waals surface area contributed by atoms with Gasteiger partial charge in [-0.3, -0.25) is 4.79 Å². The maximum atomic E-state index is 11.0. The van der Waals surface area contributed by atoms with Crippen LogP contribution < -0.4 is 0 Å². The molecule has 0 aliphatic rings. The van der Waals surface area contributed by atoms with Crippen molar-refractivity contribution < 1.29 is 4.79 Å². The van der Waals surface area contributed by atoms with E-state index in [9.17, 15) is 4.79 Å². The molecule has 0 aliphatic carbocycles. The van der Waals surface area contributed by atoms with Crippen molar-refractivity contribution in [3.05, 3.63) is 40.4 Å². The highest BCUT2D eigenvalue weighted by Gasteiger charge is 2.02. The Morgan fingerprint density at radius 2 is 2.29 bits per heavy atom. The summed E-state index contributed by atoms with van der Waals surface area (Å²) in [5.41, 5.74) is 1.31. The molecule has 2 nitrogen and oxygen atoms in total. The molecule has 0 N–H and O–H groups in total. The van der Waals surface area contributed by atoms with E-state index < -0.39 is 0 Å². The molecule has 0 radical (unpaired) electrons. The Morgan fingerprint density at radius 1 is 1.57 bits per heavy atom. The molecule has 0 fully saturated rings. The SMILES string of the molecule is CC(=O)c1ccc(C=CC#N)c(Cl)c1. The highest BCUT2D eigenvalue weighted by atomic mass is 35.5. The number of carbonyl (C=O) groups excluding carboxylic acids is 1. The number of nitrogens with zero attached hydrogens (tertiary/aromatic N) is 1. The Bertz CT molecular complexity index is 429. The third kappa shape index (κ3) is 2.45. The van der Waals surface area contributed by atoms with Gasteiger partial charge < -0.3 is 0 Å². The first-order chi connectivity index (χ1) is 6.65. The summed E-state index contributed by atoms with van der Waals surface area (Å²) in [6, 6.07) is 6.87. The summed E-state index contributed by atoms with van der Waals surface area (Å²) in [5, 5.41) is 8.80. The fourth-order valence-corrected chi connectivity index (χ4v) is 1.25. The van der Waals surface area contributed by atoms with E-state index in [4.69, 9.17) is 16.9 Å². The molecule has 0 atom stereocenters. The van der Waals surface area contributed by atoms with Gasteiger partial charge in [-0.1, -0.05) is 23.7 Å².